The number of amides is 2. The number of aromatic nitrogens is 2. The minimum absolute atomic E-state index is 0.00596. The SMILES string of the molecule is O=C1C=C2c3ccnc(-c4ccc(F)nc4)c3CCN2C(=O)CN1. The topological polar surface area (TPSA) is 75.2 Å². The van der Waals surface area contributed by atoms with Crippen molar-refractivity contribution in [2.45, 2.75) is 6.42 Å². The number of hydrogen-bond donors (Lipinski definition) is 1. The number of rotatable bonds is 1. The Kier molecular flexibility index (Phi) is 3.34. The van der Waals surface area contributed by atoms with Crippen molar-refractivity contribution in [2.75, 3.05) is 13.1 Å². The summed E-state index contributed by atoms with van der Waals surface area (Å²) < 4.78 is 13.1. The molecule has 0 fully saturated rings. The van der Waals surface area contributed by atoms with Gasteiger partial charge in [-0.2, -0.15) is 4.39 Å². The predicted molar refractivity (Wildman–Crippen MR) is 83.8 cm³/mol. The van der Waals surface area contributed by atoms with Gasteiger partial charge < -0.3 is 10.2 Å². The first-order chi connectivity index (χ1) is 11.6. The third-order valence-corrected chi connectivity index (χ3v) is 4.19. The van der Waals surface area contributed by atoms with Gasteiger partial charge in [-0.15, -0.1) is 0 Å². The van der Waals surface area contributed by atoms with E-state index in [9.17, 15) is 14.0 Å². The maximum absolute atomic E-state index is 13.1. The number of nitrogens with one attached hydrogen (secondary N) is 1. The average molecular weight is 324 g/mol. The van der Waals surface area contributed by atoms with E-state index < -0.39 is 5.95 Å². The lowest BCUT2D eigenvalue weighted by Gasteiger charge is -2.31. The minimum atomic E-state index is -0.552. The Balaban J connectivity index is 1.87. The van der Waals surface area contributed by atoms with E-state index in [1.54, 1.807) is 23.2 Å². The molecule has 7 heteroatoms. The highest BCUT2D eigenvalue weighted by Gasteiger charge is 2.30. The van der Waals surface area contributed by atoms with E-state index in [1.165, 1.54) is 18.3 Å². The van der Waals surface area contributed by atoms with Crippen molar-refractivity contribution in [3.05, 3.63) is 53.7 Å². The number of pyridine rings is 2. The molecule has 0 radical (unpaired) electrons. The zero-order valence-electron chi connectivity index (χ0n) is 12.6. The van der Waals surface area contributed by atoms with Gasteiger partial charge in [-0.1, -0.05) is 0 Å². The molecule has 1 N–H and O–H groups in total. The first kappa shape index (κ1) is 14.5. The summed E-state index contributed by atoms with van der Waals surface area (Å²) in [7, 11) is 0. The van der Waals surface area contributed by atoms with Crippen LogP contribution in [0.4, 0.5) is 4.39 Å². The van der Waals surface area contributed by atoms with Crippen molar-refractivity contribution in [2.24, 2.45) is 0 Å². The molecule has 0 saturated carbocycles. The van der Waals surface area contributed by atoms with Crippen LogP contribution >= 0.6 is 0 Å². The second kappa shape index (κ2) is 5.52. The maximum Gasteiger partial charge on any atom is 0.246 e. The van der Waals surface area contributed by atoms with Gasteiger partial charge in [0.15, 0.2) is 0 Å². The Morgan fingerprint density at radius 3 is 2.83 bits per heavy atom. The van der Waals surface area contributed by atoms with E-state index in [1.807, 2.05) is 0 Å². The molecule has 0 aromatic carbocycles. The van der Waals surface area contributed by atoms with Crippen LogP contribution in [0.2, 0.25) is 0 Å². The van der Waals surface area contributed by atoms with Crippen LogP contribution in [0, 0.1) is 5.95 Å². The number of halogens is 1. The standard InChI is InChI=1S/C17H13FN4O2/c18-14-2-1-10(8-20-14)17-12-4-6-22-13(11(12)3-5-19-17)7-15(23)21-9-16(22)24/h1-3,5,7-8H,4,6,9H2,(H,21,23). The number of fused-ring (bicyclic) bond motifs is 3. The second-order valence-corrected chi connectivity index (χ2v) is 5.60. The summed E-state index contributed by atoms with van der Waals surface area (Å²) >= 11 is 0. The summed E-state index contributed by atoms with van der Waals surface area (Å²) in [6.45, 7) is 0.466. The van der Waals surface area contributed by atoms with E-state index >= 15 is 0 Å². The molecule has 0 saturated heterocycles. The molecule has 0 atom stereocenters. The molecule has 4 heterocycles. The maximum atomic E-state index is 13.1. The summed E-state index contributed by atoms with van der Waals surface area (Å²) in [4.78, 5) is 33.7. The molecule has 2 aliphatic heterocycles. The highest BCUT2D eigenvalue weighted by atomic mass is 19.1. The third kappa shape index (κ3) is 2.34. The van der Waals surface area contributed by atoms with Crippen LogP contribution in [-0.2, 0) is 16.0 Å². The van der Waals surface area contributed by atoms with Crippen molar-refractivity contribution in [3.8, 4) is 11.3 Å². The van der Waals surface area contributed by atoms with Crippen molar-refractivity contribution in [1.29, 1.82) is 0 Å². The second-order valence-electron chi connectivity index (χ2n) is 5.60. The van der Waals surface area contributed by atoms with Gasteiger partial charge in [0.2, 0.25) is 17.8 Å². The fourth-order valence-electron chi connectivity index (χ4n) is 3.09. The quantitative estimate of drug-likeness (QED) is 0.798. The smallest absolute Gasteiger partial charge is 0.246 e. The van der Waals surface area contributed by atoms with Gasteiger partial charge >= 0.3 is 0 Å². The summed E-state index contributed by atoms with van der Waals surface area (Å²) in [5, 5.41) is 2.56. The van der Waals surface area contributed by atoms with Gasteiger partial charge in [0.1, 0.15) is 0 Å². The molecular formula is C17H13FN4O2. The van der Waals surface area contributed by atoms with Crippen LogP contribution in [0.25, 0.3) is 17.0 Å². The molecule has 0 aliphatic carbocycles. The van der Waals surface area contributed by atoms with Gasteiger partial charge in [-0.05, 0) is 30.2 Å². The molecule has 2 aliphatic rings. The van der Waals surface area contributed by atoms with Crippen LogP contribution in [-0.4, -0.2) is 39.8 Å². The van der Waals surface area contributed by atoms with Crippen LogP contribution in [0.1, 0.15) is 11.1 Å². The normalized spacial score (nSPS) is 16.7. The summed E-state index contributed by atoms with van der Waals surface area (Å²) in [6, 6.07) is 4.70. The van der Waals surface area contributed by atoms with E-state index in [0.29, 0.717) is 29.9 Å². The number of nitrogens with zero attached hydrogens (tertiary/aromatic N) is 3. The third-order valence-electron chi connectivity index (χ3n) is 4.19. The number of hydrogen-bond acceptors (Lipinski definition) is 4. The van der Waals surface area contributed by atoms with E-state index in [0.717, 1.165) is 11.1 Å². The molecule has 2 aromatic heterocycles. The molecule has 6 nitrogen and oxygen atoms in total. The molecule has 2 aromatic rings. The van der Waals surface area contributed by atoms with Gasteiger partial charge in [-0.25, -0.2) is 4.98 Å². The fraction of sp³-hybridized carbons (Fsp3) is 0.176. The Morgan fingerprint density at radius 2 is 2.04 bits per heavy atom. The Morgan fingerprint density at radius 1 is 1.17 bits per heavy atom. The average Bonchev–Trinajstić information content (AvgIpc) is 2.74. The predicted octanol–water partition coefficient (Wildman–Crippen LogP) is 1.14. The van der Waals surface area contributed by atoms with Crippen molar-refractivity contribution < 1.29 is 14.0 Å². The summed E-state index contributed by atoms with van der Waals surface area (Å²) in [6.07, 6.45) is 5.10. The monoisotopic (exact) mass is 324 g/mol. The van der Waals surface area contributed by atoms with E-state index in [2.05, 4.69) is 15.3 Å². The van der Waals surface area contributed by atoms with Crippen molar-refractivity contribution in [3.63, 3.8) is 0 Å². The molecule has 0 unspecified atom stereocenters. The zero-order valence-corrected chi connectivity index (χ0v) is 12.6. The molecule has 0 spiro atoms. The van der Waals surface area contributed by atoms with Gasteiger partial charge in [0.05, 0.1) is 17.9 Å². The van der Waals surface area contributed by atoms with E-state index in [-0.39, 0.29) is 18.4 Å². The Bertz CT molecular complexity index is 877. The lowest BCUT2D eigenvalue weighted by atomic mass is 9.93. The molecular weight excluding hydrogens is 311 g/mol. The number of carbonyl (C=O) groups is 2. The first-order valence-corrected chi connectivity index (χ1v) is 7.53. The van der Waals surface area contributed by atoms with Crippen molar-refractivity contribution in [1.82, 2.24) is 20.2 Å². The summed E-state index contributed by atoms with van der Waals surface area (Å²) in [5.41, 5.74) is 3.69. The van der Waals surface area contributed by atoms with Crippen LogP contribution < -0.4 is 5.32 Å². The highest BCUT2D eigenvalue weighted by Crippen LogP contribution is 2.34. The Hall–Kier alpha value is -3.09. The highest BCUT2D eigenvalue weighted by molar-refractivity contribution is 6.04. The van der Waals surface area contributed by atoms with Gasteiger partial charge in [-0.3, -0.25) is 14.6 Å². The minimum Gasteiger partial charge on any atom is -0.343 e. The zero-order chi connectivity index (χ0) is 16.7. The molecule has 24 heavy (non-hydrogen) atoms. The number of carbonyl (C=O) groups excluding carboxylic acids is 2. The van der Waals surface area contributed by atoms with Gasteiger partial charge in [0, 0.05) is 36.1 Å². The van der Waals surface area contributed by atoms with Crippen LogP contribution in [0.3, 0.4) is 0 Å². The Labute approximate surface area is 137 Å². The van der Waals surface area contributed by atoms with Crippen LogP contribution in [0.5, 0.6) is 0 Å². The lowest BCUT2D eigenvalue weighted by Crippen LogP contribution is -2.38. The van der Waals surface area contributed by atoms with Gasteiger partial charge in [0.25, 0.3) is 0 Å². The molecule has 2 amide bonds. The van der Waals surface area contributed by atoms with E-state index in [4.69, 9.17) is 0 Å². The summed E-state index contributed by atoms with van der Waals surface area (Å²) in [5.74, 6) is -0.987. The van der Waals surface area contributed by atoms with Crippen LogP contribution in [0.15, 0.2) is 36.7 Å². The first-order valence-electron chi connectivity index (χ1n) is 7.53. The van der Waals surface area contributed by atoms with Crippen molar-refractivity contribution >= 4 is 17.5 Å². The largest absolute Gasteiger partial charge is 0.343 e. The lowest BCUT2D eigenvalue weighted by molar-refractivity contribution is -0.128. The fourth-order valence-corrected chi connectivity index (χ4v) is 3.09. The molecule has 0 bridgehead atoms. The molecule has 120 valence electrons. The molecule has 4 rings (SSSR count).